The van der Waals surface area contributed by atoms with Gasteiger partial charge in [0, 0.05) is 12.3 Å². The van der Waals surface area contributed by atoms with E-state index in [1.165, 1.54) is 0 Å². The number of alkyl carbamates (subject to hydrolysis) is 1. The lowest BCUT2D eigenvalue weighted by atomic mass is 9.88. The SMILES string of the molecule is CC(CC(=O)N1CCSC1)(NC(=O)OCc1ccccc1)c1ccccc1. The molecule has 27 heavy (non-hydrogen) atoms. The van der Waals surface area contributed by atoms with Crippen molar-refractivity contribution in [2.75, 3.05) is 18.2 Å². The predicted molar refractivity (Wildman–Crippen MR) is 107 cm³/mol. The molecule has 0 aromatic heterocycles. The van der Waals surface area contributed by atoms with Crippen LogP contribution in [0.1, 0.15) is 24.5 Å². The molecule has 0 aliphatic carbocycles. The summed E-state index contributed by atoms with van der Waals surface area (Å²) >= 11 is 1.75. The number of hydrogen-bond acceptors (Lipinski definition) is 4. The van der Waals surface area contributed by atoms with E-state index < -0.39 is 11.6 Å². The Morgan fingerprint density at radius 1 is 1.11 bits per heavy atom. The monoisotopic (exact) mass is 384 g/mol. The van der Waals surface area contributed by atoms with E-state index in [4.69, 9.17) is 4.74 Å². The average molecular weight is 385 g/mol. The second-order valence-electron chi connectivity index (χ2n) is 6.76. The third kappa shape index (κ3) is 5.26. The predicted octanol–water partition coefficient (Wildman–Crippen LogP) is 3.75. The lowest BCUT2D eigenvalue weighted by Gasteiger charge is -2.32. The summed E-state index contributed by atoms with van der Waals surface area (Å²) in [7, 11) is 0. The Bertz CT molecular complexity index is 764. The molecule has 0 radical (unpaired) electrons. The fraction of sp³-hybridized carbons (Fsp3) is 0.333. The van der Waals surface area contributed by atoms with E-state index in [-0.39, 0.29) is 18.9 Å². The molecule has 1 atom stereocenters. The lowest BCUT2D eigenvalue weighted by Crippen LogP contribution is -2.47. The summed E-state index contributed by atoms with van der Waals surface area (Å²) in [5.41, 5.74) is 0.959. The van der Waals surface area contributed by atoms with Crippen LogP contribution < -0.4 is 5.32 Å². The number of nitrogens with one attached hydrogen (secondary N) is 1. The highest BCUT2D eigenvalue weighted by atomic mass is 32.2. The summed E-state index contributed by atoms with van der Waals surface area (Å²) < 4.78 is 5.37. The zero-order chi connectivity index (χ0) is 19.1. The second kappa shape index (κ2) is 8.95. The van der Waals surface area contributed by atoms with Crippen molar-refractivity contribution in [2.24, 2.45) is 0 Å². The highest BCUT2D eigenvalue weighted by Crippen LogP contribution is 2.27. The van der Waals surface area contributed by atoms with E-state index in [0.717, 1.165) is 23.4 Å². The van der Waals surface area contributed by atoms with Gasteiger partial charge in [-0.25, -0.2) is 4.79 Å². The van der Waals surface area contributed by atoms with Crippen molar-refractivity contribution in [1.29, 1.82) is 0 Å². The Morgan fingerprint density at radius 2 is 1.78 bits per heavy atom. The zero-order valence-corrected chi connectivity index (χ0v) is 16.2. The molecule has 5 nitrogen and oxygen atoms in total. The number of ether oxygens (including phenoxy) is 1. The molecule has 1 aliphatic rings. The summed E-state index contributed by atoms with van der Waals surface area (Å²) in [6.45, 7) is 2.81. The Morgan fingerprint density at radius 3 is 2.41 bits per heavy atom. The molecule has 0 saturated carbocycles. The highest BCUT2D eigenvalue weighted by molar-refractivity contribution is 7.99. The van der Waals surface area contributed by atoms with Crippen molar-refractivity contribution >= 4 is 23.8 Å². The third-order valence-electron chi connectivity index (χ3n) is 4.61. The molecule has 2 amide bonds. The number of amides is 2. The van der Waals surface area contributed by atoms with E-state index in [0.29, 0.717) is 5.88 Å². The van der Waals surface area contributed by atoms with Gasteiger partial charge in [0.05, 0.1) is 17.8 Å². The molecule has 1 unspecified atom stereocenters. The highest BCUT2D eigenvalue weighted by Gasteiger charge is 2.34. The number of carbonyl (C=O) groups is 2. The molecule has 1 saturated heterocycles. The van der Waals surface area contributed by atoms with Crippen LogP contribution in [0.5, 0.6) is 0 Å². The summed E-state index contributed by atoms with van der Waals surface area (Å²) in [5, 5.41) is 2.92. The molecule has 2 aromatic carbocycles. The first-order valence-corrected chi connectivity index (χ1v) is 10.1. The van der Waals surface area contributed by atoms with Crippen molar-refractivity contribution in [2.45, 2.75) is 25.5 Å². The maximum Gasteiger partial charge on any atom is 0.408 e. The Balaban J connectivity index is 1.69. The minimum atomic E-state index is -0.834. The van der Waals surface area contributed by atoms with Gasteiger partial charge in [-0.15, -0.1) is 11.8 Å². The maximum atomic E-state index is 12.7. The topological polar surface area (TPSA) is 58.6 Å². The van der Waals surface area contributed by atoms with E-state index in [1.807, 2.05) is 72.5 Å². The van der Waals surface area contributed by atoms with Crippen LogP contribution >= 0.6 is 11.8 Å². The van der Waals surface area contributed by atoms with Gasteiger partial charge in [-0.3, -0.25) is 4.79 Å². The van der Waals surface area contributed by atoms with Gasteiger partial charge in [0.2, 0.25) is 5.91 Å². The van der Waals surface area contributed by atoms with Crippen molar-refractivity contribution in [3.8, 4) is 0 Å². The quantitative estimate of drug-likeness (QED) is 0.824. The Hall–Kier alpha value is -2.47. The standard InChI is InChI=1S/C21H24N2O3S/c1-21(18-10-6-3-7-11-18,14-19(24)23-12-13-27-16-23)22-20(25)26-15-17-8-4-2-5-9-17/h2-11H,12-16H2,1H3,(H,22,25). The van der Waals surface area contributed by atoms with Crippen molar-refractivity contribution in [3.05, 3.63) is 71.8 Å². The second-order valence-corrected chi connectivity index (χ2v) is 7.83. The normalized spacial score (nSPS) is 15.8. The van der Waals surface area contributed by atoms with E-state index in [9.17, 15) is 9.59 Å². The number of rotatable bonds is 6. The van der Waals surface area contributed by atoms with Crippen molar-refractivity contribution in [3.63, 3.8) is 0 Å². The van der Waals surface area contributed by atoms with Crippen LogP contribution in [-0.2, 0) is 21.7 Å². The van der Waals surface area contributed by atoms with Crippen LogP contribution in [0.25, 0.3) is 0 Å². The van der Waals surface area contributed by atoms with Crippen LogP contribution in [0.3, 0.4) is 0 Å². The average Bonchev–Trinajstić information content (AvgIpc) is 3.23. The van der Waals surface area contributed by atoms with Gasteiger partial charge in [-0.1, -0.05) is 60.7 Å². The number of benzene rings is 2. The molecule has 142 valence electrons. The van der Waals surface area contributed by atoms with Crippen LogP contribution in [0.4, 0.5) is 4.79 Å². The number of hydrogen-bond donors (Lipinski definition) is 1. The van der Waals surface area contributed by atoms with Gasteiger partial charge < -0.3 is 15.0 Å². The summed E-state index contributed by atoms with van der Waals surface area (Å²) in [5.74, 6) is 1.71. The molecular formula is C21H24N2O3S. The first kappa shape index (κ1) is 19.3. The van der Waals surface area contributed by atoms with Crippen LogP contribution in [0.15, 0.2) is 60.7 Å². The molecule has 1 fully saturated rings. The minimum Gasteiger partial charge on any atom is -0.445 e. The van der Waals surface area contributed by atoms with E-state index in [2.05, 4.69) is 5.32 Å². The van der Waals surface area contributed by atoms with Crippen LogP contribution in [-0.4, -0.2) is 35.1 Å². The molecular weight excluding hydrogens is 360 g/mol. The zero-order valence-electron chi connectivity index (χ0n) is 15.4. The molecule has 0 bridgehead atoms. The van der Waals surface area contributed by atoms with Gasteiger partial charge >= 0.3 is 6.09 Å². The molecule has 1 N–H and O–H groups in total. The summed E-state index contributed by atoms with van der Waals surface area (Å²) in [6.07, 6.45) is -0.341. The van der Waals surface area contributed by atoms with Gasteiger partial charge in [0.25, 0.3) is 0 Å². The number of thioether (sulfide) groups is 1. The van der Waals surface area contributed by atoms with Gasteiger partial charge in [0.1, 0.15) is 6.61 Å². The molecule has 1 aliphatic heterocycles. The van der Waals surface area contributed by atoms with Crippen molar-refractivity contribution < 1.29 is 14.3 Å². The number of carbonyl (C=O) groups excluding carboxylic acids is 2. The summed E-state index contributed by atoms with van der Waals surface area (Å²) in [6, 6.07) is 19.1. The molecule has 1 heterocycles. The molecule has 3 rings (SSSR count). The van der Waals surface area contributed by atoms with E-state index >= 15 is 0 Å². The smallest absolute Gasteiger partial charge is 0.408 e. The lowest BCUT2D eigenvalue weighted by molar-refractivity contribution is -0.131. The van der Waals surface area contributed by atoms with Gasteiger partial charge in [-0.2, -0.15) is 0 Å². The first-order valence-electron chi connectivity index (χ1n) is 8.97. The fourth-order valence-electron chi connectivity index (χ4n) is 3.03. The largest absolute Gasteiger partial charge is 0.445 e. The summed E-state index contributed by atoms with van der Waals surface area (Å²) in [4.78, 5) is 27.0. The van der Waals surface area contributed by atoms with E-state index in [1.54, 1.807) is 11.8 Å². The first-order chi connectivity index (χ1) is 13.1. The Kier molecular flexibility index (Phi) is 6.40. The maximum absolute atomic E-state index is 12.7. The van der Waals surface area contributed by atoms with Gasteiger partial charge in [-0.05, 0) is 18.1 Å². The van der Waals surface area contributed by atoms with Crippen LogP contribution in [0, 0.1) is 0 Å². The minimum absolute atomic E-state index is 0.0368. The molecule has 6 heteroatoms. The van der Waals surface area contributed by atoms with Gasteiger partial charge in [0.15, 0.2) is 0 Å². The van der Waals surface area contributed by atoms with Crippen LogP contribution in [0.2, 0.25) is 0 Å². The molecule has 0 spiro atoms. The fourth-order valence-corrected chi connectivity index (χ4v) is 4.01. The van der Waals surface area contributed by atoms with Crippen molar-refractivity contribution in [1.82, 2.24) is 10.2 Å². The Labute approximate surface area is 164 Å². The molecule has 2 aromatic rings. The number of nitrogens with zero attached hydrogens (tertiary/aromatic N) is 1. The third-order valence-corrected chi connectivity index (χ3v) is 5.58.